The van der Waals surface area contributed by atoms with Gasteiger partial charge in [0.1, 0.15) is 10.2 Å². The third-order valence-electron chi connectivity index (χ3n) is 3.22. The molecule has 0 bridgehead atoms. The van der Waals surface area contributed by atoms with E-state index in [4.69, 9.17) is 4.74 Å². The van der Waals surface area contributed by atoms with Gasteiger partial charge in [0, 0.05) is 31.9 Å². The molecule has 1 atom stereocenters. The van der Waals surface area contributed by atoms with E-state index in [1.165, 1.54) is 0 Å². The number of carbonyl (C=O) groups is 1. The van der Waals surface area contributed by atoms with Crippen molar-refractivity contribution in [2.24, 2.45) is 0 Å². The molecule has 1 saturated heterocycles. The van der Waals surface area contributed by atoms with Gasteiger partial charge in [-0.3, -0.25) is 0 Å². The molecule has 0 saturated carbocycles. The predicted molar refractivity (Wildman–Crippen MR) is 85.0 cm³/mol. The van der Waals surface area contributed by atoms with Gasteiger partial charge in [-0.25, -0.2) is 9.78 Å². The lowest BCUT2D eigenvalue weighted by Crippen LogP contribution is -2.38. The number of rotatable bonds is 3. The Labute approximate surface area is 134 Å². The number of ether oxygens (including phenoxy) is 1. The van der Waals surface area contributed by atoms with Crippen LogP contribution in [0.1, 0.15) is 32.8 Å². The van der Waals surface area contributed by atoms with E-state index >= 15 is 0 Å². The third-order valence-corrected chi connectivity index (χ3v) is 3.69. The highest BCUT2D eigenvalue weighted by atomic mass is 79.9. The number of pyridine rings is 1. The smallest absolute Gasteiger partial charge is 0.410 e. The molecule has 0 aliphatic carbocycles. The van der Waals surface area contributed by atoms with Crippen LogP contribution in [0.3, 0.4) is 0 Å². The Morgan fingerprint density at radius 1 is 1.52 bits per heavy atom. The van der Waals surface area contributed by atoms with Crippen molar-refractivity contribution in [2.45, 2.75) is 45.4 Å². The predicted octanol–water partition coefficient (Wildman–Crippen LogP) is 2.94. The molecule has 1 amide bonds. The van der Waals surface area contributed by atoms with E-state index in [1.54, 1.807) is 4.90 Å². The molecular formula is C15H22BrN3O2. The molecule has 5 nitrogen and oxygen atoms in total. The fourth-order valence-electron chi connectivity index (χ4n) is 2.19. The van der Waals surface area contributed by atoms with Gasteiger partial charge in [-0.2, -0.15) is 0 Å². The Balaban J connectivity index is 1.77. The highest BCUT2D eigenvalue weighted by Gasteiger charge is 2.29. The first-order valence-corrected chi connectivity index (χ1v) is 7.94. The number of likely N-dealkylation sites (tertiary alicyclic amines) is 1. The Bertz CT molecular complexity index is 485. The normalized spacial score (nSPS) is 18.9. The first-order chi connectivity index (χ1) is 9.83. The van der Waals surface area contributed by atoms with Crippen LogP contribution in [0.2, 0.25) is 0 Å². The van der Waals surface area contributed by atoms with Crippen LogP contribution in [0.4, 0.5) is 4.79 Å². The molecule has 2 heterocycles. The molecule has 1 N–H and O–H groups in total. The Hall–Kier alpha value is -1.14. The minimum Gasteiger partial charge on any atom is -0.444 e. The second-order valence-electron chi connectivity index (χ2n) is 6.28. The maximum absolute atomic E-state index is 12.0. The maximum Gasteiger partial charge on any atom is 0.410 e. The summed E-state index contributed by atoms with van der Waals surface area (Å²) in [6.45, 7) is 7.85. The van der Waals surface area contributed by atoms with Crippen molar-refractivity contribution in [2.75, 3.05) is 13.1 Å². The third kappa shape index (κ3) is 5.28. The summed E-state index contributed by atoms with van der Waals surface area (Å²) < 4.78 is 6.23. The maximum atomic E-state index is 12.0. The molecule has 21 heavy (non-hydrogen) atoms. The number of nitrogens with zero attached hydrogens (tertiary/aromatic N) is 2. The second-order valence-corrected chi connectivity index (χ2v) is 7.09. The topological polar surface area (TPSA) is 54.5 Å². The van der Waals surface area contributed by atoms with Crippen molar-refractivity contribution in [1.29, 1.82) is 0 Å². The van der Waals surface area contributed by atoms with E-state index in [0.29, 0.717) is 12.6 Å². The van der Waals surface area contributed by atoms with E-state index in [-0.39, 0.29) is 6.09 Å². The molecule has 116 valence electrons. The van der Waals surface area contributed by atoms with Crippen molar-refractivity contribution in [1.82, 2.24) is 15.2 Å². The van der Waals surface area contributed by atoms with Gasteiger partial charge in [-0.1, -0.05) is 6.07 Å². The number of nitrogens with one attached hydrogen (secondary N) is 1. The number of hydrogen-bond acceptors (Lipinski definition) is 4. The highest BCUT2D eigenvalue weighted by molar-refractivity contribution is 9.10. The molecule has 0 spiro atoms. The summed E-state index contributed by atoms with van der Waals surface area (Å²) in [4.78, 5) is 17.9. The van der Waals surface area contributed by atoms with Crippen molar-refractivity contribution in [3.8, 4) is 0 Å². The lowest BCUT2D eigenvalue weighted by Gasteiger charge is -2.24. The SMILES string of the molecule is CC(C)(C)OC(=O)N1CCC(NCc2ccc(Br)nc2)C1. The molecule has 1 aromatic rings. The summed E-state index contributed by atoms with van der Waals surface area (Å²) in [5, 5.41) is 3.46. The zero-order valence-corrected chi connectivity index (χ0v) is 14.3. The van der Waals surface area contributed by atoms with E-state index in [0.717, 1.165) is 29.7 Å². The summed E-state index contributed by atoms with van der Waals surface area (Å²) in [7, 11) is 0. The van der Waals surface area contributed by atoms with E-state index in [9.17, 15) is 4.79 Å². The van der Waals surface area contributed by atoms with Gasteiger partial charge in [0.2, 0.25) is 0 Å². The second kappa shape index (κ2) is 6.75. The molecular weight excluding hydrogens is 334 g/mol. The Morgan fingerprint density at radius 2 is 2.29 bits per heavy atom. The lowest BCUT2D eigenvalue weighted by atomic mass is 10.2. The zero-order valence-electron chi connectivity index (χ0n) is 12.7. The van der Waals surface area contributed by atoms with Gasteiger partial charge in [0.05, 0.1) is 0 Å². The van der Waals surface area contributed by atoms with Crippen LogP contribution < -0.4 is 5.32 Å². The van der Waals surface area contributed by atoms with Crippen LogP contribution in [0.15, 0.2) is 22.9 Å². The van der Waals surface area contributed by atoms with Crippen LogP contribution in [-0.2, 0) is 11.3 Å². The fourth-order valence-corrected chi connectivity index (χ4v) is 2.43. The summed E-state index contributed by atoms with van der Waals surface area (Å²) in [5.41, 5.74) is 0.694. The van der Waals surface area contributed by atoms with Crippen LogP contribution in [0, 0.1) is 0 Å². The van der Waals surface area contributed by atoms with Gasteiger partial charge in [0.25, 0.3) is 0 Å². The molecule has 6 heteroatoms. The van der Waals surface area contributed by atoms with E-state index in [1.807, 2.05) is 39.1 Å². The Morgan fingerprint density at radius 3 is 2.90 bits per heavy atom. The van der Waals surface area contributed by atoms with Crippen LogP contribution >= 0.6 is 15.9 Å². The molecule has 0 radical (unpaired) electrons. The van der Waals surface area contributed by atoms with Gasteiger partial charge in [-0.15, -0.1) is 0 Å². The summed E-state index contributed by atoms with van der Waals surface area (Å²) in [5.74, 6) is 0. The monoisotopic (exact) mass is 355 g/mol. The molecule has 1 aliphatic heterocycles. The Kier molecular flexibility index (Phi) is 5.22. The number of carbonyl (C=O) groups excluding carboxylic acids is 1. The molecule has 1 unspecified atom stereocenters. The molecule has 1 aromatic heterocycles. The first-order valence-electron chi connectivity index (χ1n) is 7.15. The number of aromatic nitrogens is 1. The summed E-state index contributed by atoms with van der Waals surface area (Å²) >= 11 is 3.32. The highest BCUT2D eigenvalue weighted by Crippen LogP contribution is 2.15. The van der Waals surface area contributed by atoms with Gasteiger partial charge in [-0.05, 0) is 54.8 Å². The number of amides is 1. The summed E-state index contributed by atoms with van der Waals surface area (Å²) in [6, 6.07) is 4.27. The van der Waals surface area contributed by atoms with Gasteiger partial charge >= 0.3 is 6.09 Å². The standard InChI is InChI=1S/C15H22BrN3O2/c1-15(2,3)21-14(20)19-7-6-12(10-19)17-8-11-4-5-13(16)18-9-11/h4-5,9,12,17H,6-8,10H2,1-3H3. The van der Waals surface area contributed by atoms with Crippen molar-refractivity contribution >= 4 is 22.0 Å². The van der Waals surface area contributed by atoms with Crippen molar-refractivity contribution < 1.29 is 9.53 Å². The summed E-state index contributed by atoms with van der Waals surface area (Å²) in [6.07, 6.45) is 2.57. The largest absolute Gasteiger partial charge is 0.444 e. The minimum absolute atomic E-state index is 0.225. The number of hydrogen-bond donors (Lipinski definition) is 1. The molecule has 2 rings (SSSR count). The van der Waals surface area contributed by atoms with Crippen LogP contribution in [0.5, 0.6) is 0 Å². The minimum atomic E-state index is -0.439. The fraction of sp³-hybridized carbons (Fsp3) is 0.600. The van der Waals surface area contributed by atoms with E-state index < -0.39 is 5.60 Å². The zero-order chi connectivity index (χ0) is 15.5. The average Bonchev–Trinajstić information content (AvgIpc) is 2.85. The van der Waals surface area contributed by atoms with E-state index in [2.05, 4.69) is 26.2 Å². The average molecular weight is 356 g/mol. The van der Waals surface area contributed by atoms with Crippen molar-refractivity contribution in [3.05, 3.63) is 28.5 Å². The van der Waals surface area contributed by atoms with Gasteiger partial charge < -0.3 is 15.0 Å². The van der Waals surface area contributed by atoms with Gasteiger partial charge in [0.15, 0.2) is 0 Å². The number of halogens is 1. The molecule has 1 aliphatic rings. The van der Waals surface area contributed by atoms with Crippen LogP contribution in [-0.4, -0.2) is 40.7 Å². The quantitative estimate of drug-likeness (QED) is 0.847. The van der Waals surface area contributed by atoms with Crippen molar-refractivity contribution in [3.63, 3.8) is 0 Å². The first kappa shape index (κ1) is 16.2. The molecule has 1 fully saturated rings. The lowest BCUT2D eigenvalue weighted by molar-refractivity contribution is 0.0291. The molecule has 0 aromatic carbocycles. The van der Waals surface area contributed by atoms with Crippen LogP contribution in [0.25, 0.3) is 0 Å².